The van der Waals surface area contributed by atoms with Crippen LogP contribution in [-0.4, -0.2) is 12.1 Å². The lowest BCUT2D eigenvalue weighted by Crippen LogP contribution is -2.30. The second-order valence-electron chi connectivity index (χ2n) is 4.21. The molecule has 0 radical (unpaired) electrons. The molecule has 0 aliphatic rings. The van der Waals surface area contributed by atoms with Gasteiger partial charge >= 0.3 is 0 Å². The van der Waals surface area contributed by atoms with Crippen LogP contribution in [0.3, 0.4) is 0 Å². The van der Waals surface area contributed by atoms with Gasteiger partial charge in [0.05, 0.1) is 13.2 Å². The van der Waals surface area contributed by atoms with Gasteiger partial charge in [0.25, 0.3) is 0 Å². The maximum Gasteiger partial charge on any atom is 0.126 e. The van der Waals surface area contributed by atoms with Crippen LogP contribution >= 0.6 is 0 Å². The van der Waals surface area contributed by atoms with E-state index in [4.69, 9.17) is 16.3 Å². The highest BCUT2D eigenvalue weighted by Gasteiger charge is 2.16. The Bertz CT molecular complexity index is 544. The number of ether oxygens (including phenoxy) is 1. The second-order valence-corrected chi connectivity index (χ2v) is 4.21. The van der Waals surface area contributed by atoms with E-state index in [1.807, 2.05) is 36.4 Å². The Morgan fingerprint density at radius 2 is 2.05 bits per heavy atom. The van der Waals surface area contributed by atoms with Crippen molar-refractivity contribution in [1.82, 2.24) is 10.4 Å². The van der Waals surface area contributed by atoms with E-state index in [0.29, 0.717) is 12.2 Å². The first-order chi connectivity index (χ1) is 9.26. The molecule has 19 heavy (non-hydrogen) atoms. The van der Waals surface area contributed by atoms with E-state index < -0.39 is 0 Å². The molecule has 1 aromatic carbocycles. The minimum atomic E-state index is -0.0809. The Morgan fingerprint density at radius 3 is 2.74 bits per heavy atom. The fraction of sp³-hybridized carbons (Fsp3) is 0.214. The summed E-state index contributed by atoms with van der Waals surface area (Å²) >= 11 is 0. The monoisotopic (exact) mass is 258 g/mol. The number of benzene rings is 1. The van der Waals surface area contributed by atoms with Crippen LogP contribution in [0.4, 0.5) is 5.82 Å². The highest BCUT2D eigenvalue weighted by molar-refractivity contribution is 5.42. The van der Waals surface area contributed by atoms with Crippen molar-refractivity contribution in [3.8, 4) is 5.75 Å². The van der Waals surface area contributed by atoms with E-state index in [9.17, 15) is 0 Å². The molecule has 0 saturated carbocycles. The SMILES string of the molecule is COc1ccccc1C(Cc1cccnc1N)NN. The maximum atomic E-state index is 5.86. The highest BCUT2D eigenvalue weighted by Crippen LogP contribution is 2.27. The number of nitrogens with one attached hydrogen (secondary N) is 1. The molecule has 100 valence electrons. The number of anilines is 1. The van der Waals surface area contributed by atoms with Gasteiger partial charge in [-0.3, -0.25) is 11.3 Å². The molecule has 0 amide bonds. The van der Waals surface area contributed by atoms with Crippen molar-refractivity contribution in [1.29, 1.82) is 0 Å². The van der Waals surface area contributed by atoms with Crippen LogP contribution in [0.25, 0.3) is 0 Å². The summed E-state index contributed by atoms with van der Waals surface area (Å²) in [7, 11) is 1.64. The normalized spacial score (nSPS) is 12.1. The van der Waals surface area contributed by atoms with Crippen molar-refractivity contribution in [3.63, 3.8) is 0 Å². The van der Waals surface area contributed by atoms with Crippen LogP contribution in [0.2, 0.25) is 0 Å². The molecular weight excluding hydrogens is 240 g/mol. The van der Waals surface area contributed by atoms with Crippen LogP contribution in [-0.2, 0) is 6.42 Å². The number of para-hydroxylation sites is 1. The molecule has 0 aliphatic heterocycles. The lowest BCUT2D eigenvalue weighted by Gasteiger charge is -2.19. The van der Waals surface area contributed by atoms with Gasteiger partial charge in [0.15, 0.2) is 0 Å². The van der Waals surface area contributed by atoms with Gasteiger partial charge in [-0.15, -0.1) is 0 Å². The fourth-order valence-electron chi connectivity index (χ4n) is 2.06. The summed E-state index contributed by atoms with van der Waals surface area (Å²) in [6.07, 6.45) is 2.32. The summed E-state index contributed by atoms with van der Waals surface area (Å²) in [5.74, 6) is 6.98. The smallest absolute Gasteiger partial charge is 0.126 e. The molecule has 1 heterocycles. The van der Waals surface area contributed by atoms with Gasteiger partial charge in [-0.2, -0.15) is 0 Å². The molecule has 2 aromatic rings. The number of hydrogen-bond acceptors (Lipinski definition) is 5. The van der Waals surface area contributed by atoms with Crippen molar-refractivity contribution in [2.24, 2.45) is 5.84 Å². The van der Waals surface area contributed by atoms with Crippen molar-refractivity contribution in [2.75, 3.05) is 12.8 Å². The van der Waals surface area contributed by atoms with Crippen LogP contribution in [0, 0.1) is 0 Å². The first kappa shape index (κ1) is 13.3. The minimum Gasteiger partial charge on any atom is -0.496 e. The minimum absolute atomic E-state index is 0.0809. The molecule has 2 rings (SSSR count). The Morgan fingerprint density at radius 1 is 1.26 bits per heavy atom. The van der Waals surface area contributed by atoms with Gasteiger partial charge in [-0.05, 0) is 24.1 Å². The third kappa shape index (κ3) is 3.01. The maximum absolute atomic E-state index is 5.86. The topological polar surface area (TPSA) is 86.2 Å². The van der Waals surface area contributed by atoms with Crippen LogP contribution in [0.15, 0.2) is 42.6 Å². The van der Waals surface area contributed by atoms with Gasteiger partial charge < -0.3 is 10.5 Å². The Kier molecular flexibility index (Phi) is 4.33. The largest absolute Gasteiger partial charge is 0.496 e. The number of pyridine rings is 1. The molecule has 0 spiro atoms. The van der Waals surface area contributed by atoms with E-state index in [0.717, 1.165) is 16.9 Å². The summed E-state index contributed by atoms with van der Waals surface area (Å²) in [5.41, 5.74) is 10.6. The van der Waals surface area contributed by atoms with Gasteiger partial charge in [-0.25, -0.2) is 4.98 Å². The molecule has 1 unspecified atom stereocenters. The zero-order valence-electron chi connectivity index (χ0n) is 10.8. The number of nitrogens with two attached hydrogens (primary N) is 2. The van der Waals surface area contributed by atoms with E-state index in [-0.39, 0.29) is 6.04 Å². The number of aromatic nitrogens is 1. The molecule has 0 bridgehead atoms. The average Bonchev–Trinajstić information content (AvgIpc) is 2.46. The van der Waals surface area contributed by atoms with E-state index in [1.54, 1.807) is 13.3 Å². The van der Waals surface area contributed by atoms with E-state index in [2.05, 4.69) is 10.4 Å². The number of nitrogen functional groups attached to an aromatic ring is 1. The molecule has 0 fully saturated rings. The molecule has 5 N–H and O–H groups in total. The Labute approximate surface area is 112 Å². The molecule has 1 aromatic heterocycles. The second kappa shape index (κ2) is 6.17. The first-order valence-electron chi connectivity index (χ1n) is 6.04. The summed E-state index contributed by atoms with van der Waals surface area (Å²) in [5, 5.41) is 0. The lowest BCUT2D eigenvalue weighted by atomic mass is 9.99. The molecule has 0 saturated heterocycles. The summed E-state index contributed by atoms with van der Waals surface area (Å²) < 4.78 is 5.35. The third-order valence-corrected chi connectivity index (χ3v) is 3.07. The number of rotatable bonds is 5. The molecule has 0 aliphatic carbocycles. The number of hydrazine groups is 1. The average molecular weight is 258 g/mol. The summed E-state index contributed by atoms with van der Waals surface area (Å²) in [4.78, 5) is 4.08. The molecule has 5 heteroatoms. The van der Waals surface area contributed by atoms with Gasteiger partial charge in [0.1, 0.15) is 11.6 Å². The fourth-order valence-corrected chi connectivity index (χ4v) is 2.06. The van der Waals surface area contributed by atoms with Crippen LogP contribution in [0.1, 0.15) is 17.2 Å². The summed E-state index contributed by atoms with van der Waals surface area (Å²) in [6, 6.07) is 11.5. The van der Waals surface area contributed by atoms with Gasteiger partial charge in [0, 0.05) is 11.8 Å². The van der Waals surface area contributed by atoms with Crippen LogP contribution < -0.4 is 21.7 Å². The van der Waals surface area contributed by atoms with Crippen molar-refractivity contribution in [2.45, 2.75) is 12.5 Å². The molecule has 5 nitrogen and oxygen atoms in total. The molecular formula is C14H18N4O. The zero-order valence-corrected chi connectivity index (χ0v) is 10.8. The van der Waals surface area contributed by atoms with E-state index in [1.165, 1.54) is 0 Å². The number of hydrogen-bond donors (Lipinski definition) is 3. The third-order valence-electron chi connectivity index (χ3n) is 3.07. The van der Waals surface area contributed by atoms with Crippen LogP contribution in [0.5, 0.6) is 5.75 Å². The van der Waals surface area contributed by atoms with Crippen molar-refractivity contribution >= 4 is 5.82 Å². The van der Waals surface area contributed by atoms with Gasteiger partial charge in [0.2, 0.25) is 0 Å². The highest BCUT2D eigenvalue weighted by atomic mass is 16.5. The standard InChI is InChI=1S/C14H18N4O/c1-19-13-7-3-2-6-11(13)12(18-16)9-10-5-4-8-17-14(10)15/h2-8,12,18H,9,16H2,1H3,(H2,15,17). The number of methoxy groups -OCH3 is 1. The zero-order chi connectivity index (χ0) is 13.7. The Hall–Kier alpha value is -2.11. The van der Waals surface area contributed by atoms with Crippen molar-refractivity contribution < 1.29 is 4.74 Å². The lowest BCUT2D eigenvalue weighted by molar-refractivity contribution is 0.399. The first-order valence-corrected chi connectivity index (χ1v) is 6.04. The Balaban J connectivity index is 2.28. The van der Waals surface area contributed by atoms with Crippen molar-refractivity contribution in [3.05, 3.63) is 53.7 Å². The van der Waals surface area contributed by atoms with Gasteiger partial charge in [-0.1, -0.05) is 24.3 Å². The number of nitrogens with zero attached hydrogens (tertiary/aromatic N) is 1. The summed E-state index contributed by atoms with van der Waals surface area (Å²) in [6.45, 7) is 0. The molecule has 1 atom stereocenters. The van der Waals surface area contributed by atoms with E-state index >= 15 is 0 Å². The predicted octanol–water partition coefficient (Wildman–Crippen LogP) is 1.42. The quantitative estimate of drug-likeness (QED) is 0.558. The predicted molar refractivity (Wildman–Crippen MR) is 75.4 cm³/mol.